The Morgan fingerprint density at radius 2 is 2.00 bits per heavy atom. The van der Waals surface area contributed by atoms with Crippen LogP contribution in [-0.2, 0) is 0 Å². The highest BCUT2D eigenvalue weighted by atomic mass is 19.4. The van der Waals surface area contributed by atoms with Crippen LogP contribution in [0.2, 0.25) is 0 Å². The lowest BCUT2D eigenvalue weighted by Crippen LogP contribution is -2.41. The maximum absolute atomic E-state index is 12.7. The predicted molar refractivity (Wildman–Crippen MR) is 59.1 cm³/mol. The van der Waals surface area contributed by atoms with Gasteiger partial charge < -0.3 is 15.7 Å². The Hall–Kier alpha value is -1.83. The largest absolute Gasteiger partial charge is 0.507 e. The molecule has 3 N–H and O–H groups in total. The van der Waals surface area contributed by atoms with Gasteiger partial charge in [-0.2, -0.15) is 13.2 Å². The topological polar surface area (TPSA) is 66.6 Å². The maximum atomic E-state index is 12.7. The number of alkyl halides is 3. The smallest absolute Gasteiger partial charge is 0.406 e. The van der Waals surface area contributed by atoms with Crippen molar-refractivity contribution in [3.8, 4) is 5.75 Å². The molecule has 0 fully saturated rings. The van der Waals surface area contributed by atoms with Gasteiger partial charge in [-0.3, -0.25) is 4.79 Å². The second kappa shape index (κ2) is 5.87. The number of benzene rings is 1. The quantitative estimate of drug-likeness (QED) is 0.821. The summed E-state index contributed by atoms with van der Waals surface area (Å²) in [7, 11) is 0. The molecule has 1 aromatic carbocycles. The molecular formula is C11H12F4N2O2. The van der Waals surface area contributed by atoms with E-state index < -0.39 is 35.8 Å². The van der Waals surface area contributed by atoms with Gasteiger partial charge in [0, 0.05) is 19.2 Å². The summed E-state index contributed by atoms with van der Waals surface area (Å²) >= 11 is 0. The third-order valence-electron chi connectivity index (χ3n) is 2.25. The number of aromatic hydroxyl groups is 1. The zero-order valence-corrected chi connectivity index (χ0v) is 9.75. The number of amides is 1. The Kier molecular flexibility index (Phi) is 4.71. The van der Waals surface area contributed by atoms with Gasteiger partial charge in [0.05, 0.1) is 5.56 Å². The molecule has 1 aromatic rings. The molecule has 1 rings (SSSR count). The maximum Gasteiger partial charge on any atom is 0.406 e. The number of hydrogen-bond acceptors (Lipinski definition) is 3. The van der Waals surface area contributed by atoms with Gasteiger partial charge in [-0.15, -0.1) is 0 Å². The summed E-state index contributed by atoms with van der Waals surface area (Å²) in [5.74, 6) is -2.57. The van der Waals surface area contributed by atoms with E-state index in [4.69, 9.17) is 5.73 Å². The molecule has 8 heteroatoms. The molecule has 0 bridgehead atoms. The molecule has 0 unspecified atom stereocenters. The Morgan fingerprint density at radius 3 is 2.47 bits per heavy atom. The number of carbonyl (C=O) groups is 1. The van der Waals surface area contributed by atoms with Crippen molar-refractivity contribution in [2.45, 2.75) is 6.18 Å². The van der Waals surface area contributed by atoms with Gasteiger partial charge in [-0.25, -0.2) is 4.39 Å². The fourth-order valence-corrected chi connectivity index (χ4v) is 1.48. The molecule has 0 spiro atoms. The van der Waals surface area contributed by atoms with Crippen molar-refractivity contribution in [2.75, 3.05) is 19.6 Å². The lowest BCUT2D eigenvalue weighted by Gasteiger charge is -2.23. The van der Waals surface area contributed by atoms with Crippen molar-refractivity contribution in [3.05, 3.63) is 29.6 Å². The van der Waals surface area contributed by atoms with Crippen molar-refractivity contribution < 1.29 is 27.5 Å². The van der Waals surface area contributed by atoms with Crippen molar-refractivity contribution in [2.24, 2.45) is 5.73 Å². The second-order valence-electron chi connectivity index (χ2n) is 3.79. The van der Waals surface area contributed by atoms with Crippen LogP contribution < -0.4 is 5.73 Å². The molecule has 0 aliphatic carbocycles. The highest BCUT2D eigenvalue weighted by Crippen LogP contribution is 2.22. The molecule has 0 aliphatic rings. The number of nitrogens with zero attached hydrogens (tertiary/aromatic N) is 1. The van der Waals surface area contributed by atoms with Crippen molar-refractivity contribution in [1.82, 2.24) is 4.90 Å². The van der Waals surface area contributed by atoms with E-state index in [9.17, 15) is 27.5 Å². The summed E-state index contributed by atoms with van der Waals surface area (Å²) in [6, 6.07) is 2.45. The average molecular weight is 280 g/mol. The minimum absolute atomic E-state index is 0.163. The van der Waals surface area contributed by atoms with Gasteiger partial charge in [0.15, 0.2) is 0 Å². The van der Waals surface area contributed by atoms with Crippen LogP contribution in [0.5, 0.6) is 5.75 Å². The number of nitrogens with two attached hydrogens (primary N) is 1. The molecule has 106 valence electrons. The van der Waals surface area contributed by atoms with Gasteiger partial charge in [-0.1, -0.05) is 0 Å². The molecule has 0 saturated heterocycles. The van der Waals surface area contributed by atoms with Crippen LogP contribution in [0.25, 0.3) is 0 Å². The summed E-state index contributed by atoms with van der Waals surface area (Å²) in [6.45, 7) is -1.97. The zero-order chi connectivity index (χ0) is 14.6. The number of rotatable bonds is 4. The van der Waals surface area contributed by atoms with Crippen LogP contribution in [0.1, 0.15) is 10.4 Å². The monoisotopic (exact) mass is 280 g/mol. The summed E-state index contributed by atoms with van der Waals surface area (Å²) in [6.07, 6.45) is -4.58. The van der Waals surface area contributed by atoms with E-state index in [-0.39, 0.29) is 13.1 Å². The van der Waals surface area contributed by atoms with Gasteiger partial charge in [0.1, 0.15) is 18.1 Å². The molecule has 0 atom stereocenters. The third-order valence-corrected chi connectivity index (χ3v) is 2.25. The molecule has 0 heterocycles. The predicted octanol–water partition coefficient (Wildman–Crippen LogP) is 1.49. The first kappa shape index (κ1) is 15.2. The first-order valence-corrected chi connectivity index (χ1v) is 5.29. The van der Waals surface area contributed by atoms with Gasteiger partial charge in [0.25, 0.3) is 5.91 Å². The molecular weight excluding hydrogens is 268 g/mol. The zero-order valence-electron chi connectivity index (χ0n) is 9.75. The normalized spacial score (nSPS) is 11.4. The number of phenols is 1. The van der Waals surface area contributed by atoms with Crippen LogP contribution in [-0.4, -0.2) is 41.7 Å². The molecule has 0 aromatic heterocycles. The SMILES string of the molecule is NCCN(CC(F)(F)F)C(=O)c1ccc(F)cc1O. The number of phenolic OH excluding ortho intramolecular Hbond substituents is 1. The lowest BCUT2D eigenvalue weighted by atomic mass is 10.1. The molecule has 0 saturated carbocycles. The number of hydrogen-bond donors (Lipinski definition) is 2. The minimum Gasteiger partial charge on any atom is -0.507 e. The molecule has 19 heavy (non-hydrogen) atoms. The van der Waals surface area contributed by atoms with E-state index in [0.717, 1.165) is 12.1 Å². The van der Waals surface area contributed by atoms with Gasteiger partial charge >= 0.3 is 6.18 Å². The van der Waals surface area contributed by atoms with Gasteiger partial charge in [0.2, 0.25) is 0 Å². The Balaban J connectivity index is 2.99. The summed E-state index contributed by atoms with van der Waals surface area (Å²) < 4.78 is 49.7. The standard InChI is InChI=1S/C11H12F4N2O2/c12-7-1-2-8(9(18)5-7)10(19)17(4-3-16)6-11(13,14)15/h1-2,5,18H,3-4,6,16H2. The van der Waals surface area contributed by atoms with Crippen molar-refractivity contribution in [1.29, 1.82) is 0 Å². The van der Waals surface area contributed by atoms with Gasteiger partial charge in [-0.05, 0) is 12.1 Å². The average Bonchev–Trinajstić information content (AvgIpc) is 2.26. The summed E-state index contributed by atoms with van der Waals surface area (Å²) in [4.78, 5) is 12.3. The first-order chi connectivity index (χ1) is 8.74. The third kappa shape index (κ3) is 4.40. The molecule has 0 aliphatic heterocycles. The second-order valence-corrected chi connectivity index (χ2v) is 3.79. The fourth-order valence-electron chi connectivity index (χ4n) is 1.48. The van der Waals surface area contributed by atoms with Crippen LogP contribution in [0.3, 0.4) is 0 Å². The van der Waals surface area contributed by atoms with E-state index in [2.05, 4.69) is 0 Å². The van der Waals surface area contributed by atoms with Crippen LogP contribution in [0.15, 0.2) is 18.2 Å². The Bertz CT molecular complexity index is 462. The number of halogens is 4. The number of carbonyl (C=O) groups excluding carboxylic acids is 1. The van der Waals surface area contributed by atoms with E-state index in [1.54, 1.807) is 0 Å². The van der Waals surface area contributed by atoms with Crippen molar-refractivity contribution in [3.63, 3.8) is 0 Å². The van der Waals surface area contributed by atoms with E-state index in [1.165, 1.54) is 0 Å². The van der Waals surface area contributed by atoms with E-state index in [0.29, 0.717) is 11.0 Å². The summed E-state index contributed by atoms with van der Waals surface area (Å²) in [5.41, 5.74) is 4.74. The molecule has 1 amide bonds. The Labute approximate surface area is 106 Å². The Morgan fingerprint density at radius 1 is 1.37 bits per heavy atom. The van der Waals surface area contributed by atoms with E-state index >= 15 is 0 Å². The van der Waals surface area contributed by atoms with E-state index in [1.807, 2.05) is 0 Å². The molecule has 4 nitrogen and oxygen atoms in total. The highest BCUT2D eigenvalue weighted by Gasteiger charge is 2.33. The summed E-state index contributed by atoms with van der Waals surface area (Å²) in [5, 5.41) is 9.38. The van der Waals surface area contributed by atoms with Crippen LogP contribution >= 0.6 is 0 Å². The minimum atomic E-state index is -4.58. The molecule has 0 radical (unpaired) electrons. The lowest BCUT2D eigenvalue weighted by molar-refractivity contribution is -0.140. The highest BCUT2D eigenvalue weighted by molar-refractivity contribution is 5.96. The fraction of sp³-hybridized carbons (Fsp3) is 0.364. The van der Waals surface area contributed by atoms with Crippen molar-refractivity contribution >= 4 is 5.91 Å². The first-order valence-electron chi connectivity index (χ1n) is 5.29. The van der Waals surface area contributed by atoms with Crippen LogP contribution in [0.4, 0.5) is 17.6 Å². The van der Waals surface area contributed by atoms with Crippen LogP contribution in [0, 0.1) is 5.82 Å².